The highest BCUT2D eigenvalue weighted by molar-refractivity contribution is 6.01. The van der Waals surface area contributed by atoms with Crippen LogP contribution in [0.25, 0.3) is 0 Å². The molecule has 1 fully saturated rings. The van der Waals surface area contributed by atoms with E-state index in [1.807, 2.05) is 32.0 Å². The summed E-state index contributed by atoms with van der Waals surface area (Å²) in [6.45, 7) is 7.67. The molecular weight excluding hydrogens is 240 g/mol. The largest absolute Gasteiger partial charge is 0.488 e. The van der Waals surface area contributed by atoms with Gasteiger partial charge in [-0.1, -0.05) is 13.8 Å². The van der Waals surface area contributed by atoms with Gasteiger partial charge < -0.3 is 20.6 Å². The number of hydrogen-bond donors (Lipinski definition) is 3. The van der Waals surface area contributed by atoms with Crippen LogP contribution >= 0.6 is 0 Å². The fourth-order valence-corrected chi connectivity index (χ4v) is 1.70. The molecule has 19 heavy (non-hydrogen) atoms. The third kappa shape index (κ3) is 4.24. The first-order chi connectivity index (χ1) is 9.04. The summed E-state index contributed by atoms with van der Waals surface area (Å²) in [6, 6.07) is 5.56. The summed E-state index contributed by atoms with van der Waals surface area (Å²) in [5.41, 5.74) is 1.96. The highest BCUT2D eigenvalue weighted by Gasteiger charge is 2.40. The van der Waals surface area contributed by atoms with Gasteiger partial charge >= 0.3 is 0 Å². The third-order valence-electron chi connectivity index (χ3n) is 2.98. The van der Waals surface area contributed by atoms with Crippen LogP contribution in [0.2, 0.25) is 0 Å². The molecular formula is C15H24N2O2. The molecule has 0 saturated heterocycles. The molecule has 3 N–H and O–H groups in total. The van der Waals surface area contributed by atoms with Crippen LogP contribution in [0.3, 0.4) is 0 Å². The van der Waals surface area contributed by atoms with Crippen LogP contribution in [0.5, 0.6) is 5.75 Å². The molecule has 0 aliphatic heterocycles. The molecule has 1 aliphatic rings. The minimum absolute atomic E-state index is 0.0148. The van der Waals surface area contributed by atoms with Crippen LogP contribution in [0, 0.1) is 5.41 Å². The summed E-state index contributed by atoms with van der Waals surface area (Å²) in [4.78, 5) is 0. The van der Waals surface area contributed by atoms with Gasteiger partial charge in [-0.25, -0.2) is 0 Å². The number of nitrogens with one attached hydrogen (secondary N) is 2. The Kier molecular flexibility index (Phi) is 5.36. The first kappa shape index (κ1) is 15.5. The van der Waals surface area contributed by atoms with Gasteiger partial charge in [-0.3, -0.25) is 0 Å². The highest BCUT2D eigenvalue weighted by atomic mass is 16.5. The highest BCUT2D eigenvalue weighted by Crippen LogP contribution is 2.40. The van der Waals surface area contributed by atoms with E-state index in [0.717, 1.165) is 29.8 Å². The monoisotopic (exact) mass is 264 g/mol. The van der Waals surface area contributed by atoms with Crippen LogP contribution in [0.4, 0.5) is 5.69 Å². The lowest BCUT2D eigenvalue weighted by Gasteiger charge is -2.16. The standard InChI is InChI=1S/C13H18N2O2.C2H6/c1-9(14)11-7-10(17-13(2)5-6-13)3-4-12(11)15-8-16;1-2/h3-4,7,14-16H,5-6,8H2,1-2H3;1-2H3. The van der Waals surface area contributed by atoms with Crippen LogP contribution in [0.1, 0.15) is 46.1 Å². The Morgan fingerprint density at radius 2 is 2.05 bits per heavy atom. The molecule has 1 aromatic rings. The third-order valence-corrected chi connectivity index (χ3v) is 2.98. The van der Waals surface area contributed by atoms with E-state index >= 15 is 0 Å². The minimum Gasteiger partial charge on any atom is -0.488 e. The maximum Gasteiger partial charge on any atom is 0.120 e. The Morgan fingerprint density at radius 1 is 1.42 bits per heavy atom. The fraction of sp³-hybridized carbons (Fsp3) is 0.533. The Labute approximate surface area is 115 Å². The SMILES string of the molecule is CC.CC(=N)c1cc(OC2(C)CC2)ccc1NCO. The average Bonchev–Trinajstić information content (AvgIpc) is 3.11. The Bertz CT molecular complexity index is 440. The predicted octanol–water partition coefficient (Wildman–Crippen LogP) is 3.39. The molecule has 0 radical (unpaired) electrons. The maximum atomic E-state index is 8.88. The normalized spacial score (nSPS) is 15.0. The van der Waals surface area contributed by atoms with Crippen molar-refractivity contribution >= 4 is 11.4 Å². The van der Waals surface area contributed by atoms with E-state index in [0.29, 0.717) is 5.71 Å². The molecule has 0 atom stereocenters. The molecule has 0 heterocycles. The molecule has 1 aromatic carbocycles. The Balaban J connectivity index is 0.000000861. The second kappa shape index (κ2) is 6.57. The molecule has 4 heteroatoms. The first-order valence-corrected chi connectivity index (χ1v) is 6.77. The zero-order valence-electron chi connectivity index (χ0n) is 12.2. The second-order valence-corrected chi connectivity index (χ2v) is 4.72. The zero-order valence-corrected chi connectivity index (χ0v) is 12.2. The van der Waals surface area contributed by atoms with E-state index < -0.39 is 0 Å². The molecule has 2 rings (SSSR count). The molecule has 1 aliphatic carbocycles. The van der Waals surface area contributed by atoms with Crippen LogP contribution in [-0.2, 0) is 0 Å². The molecule has 0 aromatic heterocycles. The fourth-order valence-electron chi connectivity index (χ4n) is 1.70. The number of rotatable bonds is 5. The first-order valence-electron chi connectivity index (χ1n) is 6.77. The molecule has 1 saturated carbocycles. The van der Waals surface area contributed by atoms with Crippen molar-refractivity contribution < 1.29 is 9.84 Å². The van der Waals surface area contributed by atoms with Gasteiger partial charge in [-0.2, -0.15) is 0 Å². The van der Waals surface area contributed by atoms with E-state index in [2.05, 4.69) is 12.2 Å². The van der Waals surface area contributed by atoms with Crippen molar-refractivity contribution in [3.8, 4) is 5.75 Å². The van der Waals surface area contributed by atoms with Gasteiger partial charge in [0.15, 0.2) is 0 Å². The van der Waals surface area contributed by atoms with Gasteiger partial charge in [-0.05, 0) is 44.9 Å². The number of benzene rings is 1. The average molecular weight is 264 g/mol. The second-order valence-electron chi connectivity index (χ2n) is 4.72. The van der Waals surface area contributed by atoms with Crippen molar-refractivity contribution in [2.45, 2.75) is 46.1 Å². The summed E-state index contributed by atoms with van der Waals surface area (Å²) in [5.74, 6) is 0.787. The summed E-state index contributed by atoms with van der Waals surface area (Å²) in [7, 11) is 0. The summed E-state index contributed by atoms with van der Waals surface area (Å²) in [5, 5.41) is 19.4. The van der Waals surface area contributed by atoms with E-state index in [1.54, 1.807) is 6.92 Å². The summed E-state index contributed by atoms with van der Waals surface area (Å²) < 4.78 is 5.85. The van der Waals surface area contributed by atoms with Crippen molar-refractivity contribution in [3.05, 3.63) is 23.8 Å². The minimum atomic E-state index is -0.141. The van der Waals surface area contributed by atoms with Crippen LogP contribution < -0.4 is 10.1 Å². The molecule has 0 unspecified atom stereocenters. The molecule has 0 spiro atoms. The topological polar surface area (TPSA) is 65.3 Å². The maximum absolute atomic E-state index is 8.88. The van der Waals surface area contributed by atoms with Gasteiger partial charge in [0.2, 0.25) is 0 Å². The van der Waals surface area contributed by atoms with Crippen molar-refractivity contribution in [1.29, 1.82) is 5.41 Å². The van der Waals surface area contributed by atoms with E-state index in [-0.39, 0.29) is 12.3 Å². The van der Waals surface area contributed by atoms with E-state index in [1.165, 1.54) is 0 Å². The van der Waals surface area contributed by atoms with Gasteiger partial charge in [0.25, 0.3) is 0 Å². The van der Waals surface area contributed by atoms with Gasteiger partial charge in [0.1, 0.15) is 18.1 Å². The Hall–Kier alpha value is -1.55. The quantitative estimate of drug-likeness (QED) is 0.564. The predicted molar refractivity (Wildman–Crippen MR) is 79.3 cm³/mol. The molecule has 0 amide bonds. The number of hydrogen-bond acceptors (Lipinski definition) is 4. The van der Waals surface area contributed by atoms with Crippen molar-refractivity contribution in [2.24, 2.45) is 0 Å². The zero-order chi connectivity index (χ0) is 14.5. The summed E-state index contributed by atoms with van der Waals surface area (Å²) >= 11 is 0. The lowest BCUT2D eigenvalue weighted by Crippen LogP contribution is -2.13. The lowest BCUT2D eigenvalue weighted by atomic mass is 10.1. The smallest absolute Gasteiger partial charge is 0.120 e. The molecule has 4 nitrogen and oxygen atoms in total. The molecule has 0 bridgehead atoms. The Morgan fingerprint density at radius 3 is 2.53 bits per heavy atom. The lowest BCUT2D eigenvalue weighted by molar-refractivity contribution is 0.200. The van der Waals surface area contributed by atoms with Crippen molar-refractivity contribution in [2.75, 3.05) is 12.0 Å². The van der Waals surface area contributed by atoms with E-state index in [4.69, 9.17) is 15.3 Å². The number of aliphatic hydroxyl groups is 1. The summed E-state index contributed by atoms with van der Waals surface area (Å²) in [6.07, 6.45) is 2.17. The van der Waals surface area contributed by atoms with E-state index in [9.17, 15) is 0 Å². The number of aliphatic hydroxyl groups excluding tert-OH is 1. The molecule has 106 valence electrons. The van der Waals surface area contributed by atoms with Crippen LogP contribution in [0.15, 0.2) is 18.2 Å². The van der Waals surface area contributed by atoms with Crippen molar-refractivity contribution in [1.82, 2.24) is 0 Å². The van der Waals surface area contributed by atoms with Gasteiger partial charge in [0, 0.05) is 17.0 Å². The number of anilines is 1. The van der Waals surface area contributed by atoms with Gasteiger partial charge in [0.05, 0.1) is 0 Å². The van der Waals surface area contributed by atoms with Gasteiger partial charge in [-0.15, -0.1) is 0 Å². The van der Waals surface area contributed by atoms with Crippen molar-refractivity contribution in [3.63, 3.8) is 0 Å². The van der Waals surface area contributed by atoms with Crippen LogP contribution in [-0.4, -0.2) is 23.2 Å². The number of ether oxygens (including phenoxy) is 1.